The third-order valence-electron chi connectivity index (χ3n) is 5.56. The second kappa shape index (κ2) is 7.49. The van der Waals surface area contributed by atoms with Gasteiger partial charge < -0.3 is 23.7 Å². The summed E-state index contributed by atoms with van der Waals surface area (Å²) in [5.74, 6) is 0.117. The number of anilines is 1. The third kappa shape index (κ3) is 2.99. The summed E-state index contributed by atoms with van der Waals surface area (Å²) in [4.78, 5) is 27.5. The van der Waals surface area contributed by atoms with E-state index in [4.69, 9.17) is 18.6 Å². The molecule has 1 atom stereocenters. The molecule has 1 amide bonds. The maximum absolute atomic E-state index is 13.1. The van der Waals surface area contributed by atoms with Gasteiger partial charge in [-0.1, -0.05) is 0 Å². The average molecular weight is 433 g/mol. The maximum Gasteiger partial charge on any atom is 0.300 e. The van der Waals surface area contributed by atoms with E-state index in [1.807, 2.05) is 6.92 Å². The Balaban J connectivity index is 1.67. The van der Waals surface area contributed by atoms with Gasteiger partial charge in [0.25, 0.3) is 11.7 Å². The molecule has 2 aliphatic heterocycles. The molecule has 3 aromatic rings. The van der Waals surface area contributed by atoms with Gasteiger partial charge in [0, 0.05) is 17.3 Å². The summed E-state index contributed by atoms with van der Waals surface area (Å²) in [5.41, 5.74) is 1.52. The quantitative estimate of drug-likeness (QED) is 0.378. The van der Waals surface area contributed by atoms with Crippen LogP contribution in [0.4, 0.5) is 5.69 Å². The molecule has 3 heterocycles. The van der Waals surface area contributed by atoms with Crippen molar-refractivity contribution in [2.45, 2.75) is 13.0 Å². The lowest BCUT2D eigenvalue weighted by atomic mass is 9.98. The zero-order chi connectivity index (χ0) is 22.4. The highest BCUT2D eigenvalue weighted by Gasteiger charge is 2.48. The number of aliphatic hydroxyl groups excluding tert-OH is 1. The molecular weight excluding hydrogens is 414 g/mol. The number of methoxy groups -OCH3 is 1. The summed E-state index contributed by atoms with van der Waals surface area (Å²) in [6.07, 6.45) is 1.45. The predicted molar refractivity (Wildman–Crippen MR) is 114 cm³/mol. The van der Waals surface area contributed by atoms with Gasteiger partial charge in [-0.3, -0.25) is 14.5 Å². The minimum absolute atomic E-state index is 0.0628. The van der Waals surface area contributed by atoms with Gasteiger partial charge in [0.2, 0.25) is 6.79 Å². The van der Waals surface area contributed by atoms with Crippen molar-refractivity contribution in [1.82, 2.24) is 0 Å². The summed E-state index contributed by atoms with van der Waals surface area (Å²) in [6.45, 7) is 1.90. The fourth-order valence-corrected chi connectivity index (χ4v) is 4.03. The zero-order valence-electron chi connectivity index (χ0n) is 17.3. The zero-order valence-corrected chi connectivity index (χ0v) is 17.3. The van der Waals surface area contributed by atoms with Crippen LogP contribution in [0, 0.1) is 6.92 Å². The standard InChI is InChI=1S/C24H19NO7/c1-13-10-14(5-7-16(13)29-2)22(26)20-21(18-4-3-9-30-18)25(24(28)23(20)27)15-6-8-17-19(11-15)32-12-31-17/h3-11,21,26H,12H2,1-2H3/b22-20-. The number of ketones is 1. The number of rotatable bonds is 4. The fourth-order valence-electron chi connectivity index (χ4n) is 4.03. The normalized spacial score (nSPS) is 18.9. The van der Waals surface area contributed by atoms with Crippen LogP contribution in [0.15, 0.2) is 64.8 Å². The average Bonchev–Trinajstić information content (AvgIpc) is 3.53. The lowest BCUT2D eigenvalue weighted by Crippen LogP contribution is -2.29. The number of fused-ring (bicyclic) bond motifs is 1. The highest BCUT2D eigenvalue weighted by molar-refractivity contribution is 6.51. The Morgan fingerprint density at radius 3 is 2.62 bits per heavy atom. The van der Waals surface area contributed by atoms with Gasteiger partial charge in [-0.2, -0.15) is 0 Å². The monoisotopic (exact) mass is 433 g/mol. The van der Waals surface area contributed by atoms with Crippen molar-refractivity contribution in [2.24, 2.45) is 0 Å². The molecule has 0 spiro atoms. The first-order valence-corrected chi connectivity index (χ1v) is 9.88. The number of Topliss-reactive ketones (excluding diaryl/α,β-unsaturated/α-hetero) is 1. The number of ether oxygens (including phenoxy) is 3. The van der Waals surface area contributed by atoms with Crippen molar-refractivity contribution in [3.05, 3.63) is 77.3 Å². The number of benzene rings is 2. The minimum atomic E-state index is -0.951. The number of carbonyl (C=O) groups is 2. The van der Waals surface area contributed by atoms with E-state index in [9.17, 15) is 14.7 Å². The van der Waals surface area contributed by atoms with E-state index in [0.29, 0.717) is 34.3 Å². The predicted octanol–water partition coefficient (Wildman–Crippen LogP) is 3.95. The summed E-state index contributed by atoms with van der Waals surface area (Å²) in [6, 6.07) is 12.3. The van der Waals surface area contributed by atoms with Gasteiger partial charge in [-0.05, 0) is 55.0 Å². The number of amides is 1. The number of furan rings is 1. The molecule has 1 fully saturated rings. The topological polar surface area (TPSA) is 98.4 Å². The van der Waals surface area contributed by atoms with Crippen molar-refractivity contribution in [3.8, 4) is 17.2 Å². The molecular formula is C24H19NO7. The van der Waals surface area contributed by atoms with Gasteiger partial charge in [0.1, 0.15) is 23.3 Å². The molecule has 1 N–H and O–H groups in total. The number of nitrogens with zero attached hydrogens (tertiary/aromatic N) is 1. The van der Waals surface area contributed by atoms with Crippen molar-refractivity contribution in [2.75, 3.05) is 18.8 Å². The second-order valence-corrected chi connectivity index (χ2v) is 7.41. The van der Waals surface area contributed by atoms with Crippen molar-refractivity contribution < 1.29 is 33.3 Å². The van der Waals surface area contributed by atoms with Crippen LogP contribution >= 0.6 is 0 Å². The number of hydrogen-bond acceptors (Lipinski definition) is 7. The molecule has 2 aliphatic rings. The van der Waals surface area contributed by atoms with E-state index in [-0.39, 0.29) is 18.1 Å². The molecule has 1 unspecified atom stereocenters. The van der Waals surface area contributed by atoms with Crippen LogP contribution in [0.5, 0.6) is 17.2 Å². The summed E-state index contributed by atoms with van der Waals surface area (Å²) in [7, 11) is 1.55. The van der Waals surface area contributed by atoms with Gasteiger partial charge >= 0.3 is 0 Å². The Kier molecular flexibility index (Phi) is 4.62. The van der Waals surface area contributed by atoms with E-state index < -0.39 is 17.7 Å². The van der Waals surface area contributed by atoms with Gasteiger partial charge in [-0.25, -0.2) is 0 Å². The molecule has 2 aromatic carbocycles. The maximum atomic E-state index is 13.1. The van der Waals surface area contributed by atoms with Crippen LogP contribution in [0.25, 0.3) is 5.76 Å². The molecule has 8 nitrogen and oxygen atoms in total. The first kappa shape index (κ1) is 19.7. The number of hydrogen-bond donors (Lipinski definition) is 1. The first-order valence-electron chi connectivity index (χ1n) is 9.88. The van der Waals surface area contributed by atoms with Gasteiger partial charge in [0.05, 0.1) is 18.9 Å². The van der Waals surface area contributed by atoms with Crippen LogP contribution < -0.4 is 19.1 Å². The molecule has 1 aromatic heterocycles. The highest BCUT2D eigenvalue weighted by atomic mass is 16.7. The Morgan fingerprint density at radius 2 is 1.91 bits per heavy atom. The molecule has 162 valence electrons. The van der Waals surface area contributed by atoms with Crippen LogP contribution in [-0.4, -0.2) is 30.7 Å². The van der Waals surface area contributed by atoms with Gasteiger partial charge in [0.15, 0.2) is 11.5 Å². The van der Waals surface area contributed by atoms with Crippen molar-refractivity contribution in [1.29, 1.82) is 0 Å². The summed E-state index contributed by atoms with van der Waals surface area (Å²) < 4.78 is 21.6. The van der Waals surface area contributed by atoms with Crippen LogP contribution in [-0.2, 0) is 9.59 Å². The second-order valence-electron chi connectivity index (χ2n) is 7.41. The SMILES string of the molecule is COc1ccc(/C(O)=C2/C(=O)C(=O)N(c3ccc4c(c3)OCO4)C2c2ccco2)cc1C. The van der Waals surface area contributed by atoms with Gasteiger partial charge in [-0.15, -0.1) is 0 Å². The Morgan fingerprint density at radius 1 is 1.09 bits per heavy atom. The number of carbonyl (C=O) groups excluding carboxylic acids is 2. The molecule has 1 saturated heterocycles. The molecule has 0 bridgehead atoms. The molecule has 8 heteroatoms. The van der Waals surface area contributed by atoms with E-state index in [1.54, 1.807) is 55.6 Å². The Hall–Kier alpha value is -4.20. The van der Waals surface area contributed by atoms with Crippen LogP contribution in [0.3, 0.4) is 0 Å². The molecule has 0 saturated carbocycles. The fraction of sp³-hybridized carbons (Fsp3) is 0.167. The highest BCUT2D eigenvalue weighted by Crippen LogP contribution is 2.45. The van der Waals surface area contributed by atoms with E-state index in [1.165, 1.54) is 11.2 Å². The Bertz CT molecular complexity index is 1260. The molecule has 0 radical (unpaired) electrons. The molecule has 5 rings (SSSR count). The third-order valence-corrected chi connectivity index (χ3v) is 5.56. The Labute approximate surface area is 183 Å². The van der Waals surface area contributed by atoms with Crippen LogP contribution in [0.2, 0.25) is 0 Å². The lowest BCUT2D eigenvalue weighted by Gasteiger charge is -2.23. The smallest absolute Gasteiger partial charge is 0.300 e. The lowest BCUT2D eigenvalue weighted by molar-refractivity contribution is -0.132. The van der Waals surface area contributed by atoms with E-state index in [2.05, 4.69) is 0 Å². The largest absolute Gasteiger partial charge is 0.507 e. The number of aryl methyl sites for hydroxylation is 1. The first-order chi connectivity index (χ1) is 15.5. The van der Waals surface area contributed by atoms with E-state index >= 15 is 0 Å². The summed E-state index contributed by atoms with van der Waals surface area (Å²) >= 11 is 0. The minimum Gasteiger partial charge on any atom is -0.507 e. The number of aliphatic hydroxyl groups is 1. The molecule has 0 aliphatic carbocycles. The van der Waals surface area contributed by atoms with Crippen LogP contribution in [0.1, 0.15) is 22.9 Å². The van der Waals surface area contributed by atoms with E-state index in [0.717, 1.165) is 5.56 Å². The van der Waals surface area contributed by atoms with Crippen molar-refractivity contribution in [3.63, 3.8) is 0 Å². The molecule has 32 heavy (non-hydrogen) atoms. The summed E-state index contributed by atoms with van der Waals surface area (Å²) in [5, 5.41) is 11.1. The van der Waals surface area contributed by atoms with Crippen molar-refractivity contribution >= 4 is 23.1 Å².